The molecule has 4 amide bonds. The lowest BCUT2D eigenvalue weighted by atomic mass is 10.1. The summed E-state index contributed by atoms with van der Waals surface area (Å²) in [5, 5.41) is 16.0. The number of anilines is 1. The second-order valence-electron chi connectivity index (χ2n) is 8.53. The molecule has 12 heteroatoms. The van der Waals surface area contributed by atoms with Crippen LogP contribution in [-0.4, -0.2) is 41.3 Å². The van der Waals surface area contributed by atoms with Gasteiger partial charge in [-0.2, -0.15) is 0 Å². The first-order valence-corrected chi connectivity index (χ1v) is 12.4. The molecular weight excluding hydrogens is 572 g/mol. The first-order chi connectivity index (χ1) is 18.6. The van der Waals surface area contributed by atoms with Gasteiger partial charge in [0.1, 0.15) is 18.8 Å². The molecule has 3 aromatic carbocycles. The van der Waals surface area contributed by atoms with E-state index in [4.69, 9.17) is 9.47 Å². The molecule has 2 N–H and O–H groups in total. The summed E-state index contributed by atoms with van der Waals surface area (Å²) in [6.07, 6.45) is 1.46. The summed E-state index contributed by atoms with van der Waals surface area (Å²) in [6, 6.07) is 15.7. The molecule has 0 bridgehead atoms. The largest absolute Gasteiger partial charge is 0.493 e. The van der Waals surface area contributed by atoms with Gasteiger partial charge in [-0.05, 0) is 66.1 Å². The Kier molecular flexibility index (Phi) is 8.25. The number of aryl methyl sites for hydroxylation is 1. The Balaban J connectivity index is 1.46. The number of nitro groups is 1. The molecule has 0 atom stereocenters. The number of nitrogens with zero attached hydrogens (tertiary/aromatic N) is 2. The van der Waals surface area contributed by atoms with Crippen molar-refractivity contribution in [2.75, 3.05) is 19.0 Å². The zero-order valence-corrected chi connectivity index (χ0v) is 22.5. The van der Waals surface area contributed by atoms with Crippen molar-refractivity contribution in [2.24, 2.45) is 0 Å². The Labute approximate surface area is 231 Å². The van der Waals surface area contributed by atoms with E-state index in [1.54, 1.807) is 42.5 Å². The molecule has 0 aromatic heterocycles. The third kappa shape index (κ3) is 6.60. The quantitative estimate of drug-likeness (QED) is 0.157. The first kappa shape index (κ1) is 27.3. The number of ether oxygens (including phenoxy) is 2. The molecule has 0 saturated carbocycles. The number of methoxy groups -OCH3 is 1. The van der Waals surface area contributed by atoms with E-state index in [1.807, 2.05) is 13.0 Å². The molecule has 1 fully saturated rings. The number of urea groups is 1. The number of imide groups is 1. The number of hydrogen-bond donors (Lipinski definition) is 2. The van der Waals surface area contributed by atoms with Crippen LogP contribution < -0.4 is 20.1 Å². The molecule has 200 valence electrons. The van der Waals surface area contributed by atoms with E-state index >= 15 is 0 Å². The van der Waals surface area contributed by atoms with Crippen molar-refractivity contribution in [1.29, 1.82) is 0 Å². The number of carbonyl (C=O) groups is 3. The molecule has 11 nitrogen and oxygen atoms in total. The highest BCUT2D eigenvalue weighted by molar-refractivity contribution is 9.10. The van der Waals surface area contributed by atoms with Gasteiger partial charge in [-0.25, -0.2) is 9.69 Å². The number of halogens is 1. The Morgan fingerprint density at radius 3 is 2.54 bits per heavy atom. The Morgan fingerprint density at radius 2 is 1.87 bits per heavy atom. The SMILES string of the molecule is COc1cc(/C=C2/NC(=O)N(CC(=O)Nc3cccc(C)c3)C2=O)c(Br)cc1OCc1ccc([N+](=O)[O-])cc1. The number of rotatable bonds is 9. The summed E-state index contributed by atoms with van der Waals surface area (Å²) in [5.74, 6) is -0.411. The van der Waals surface area contributed by atoms with Gasteiger partial charge in [-0.1, -0.05) is 28.1 Å². The fourth-order valence-corrected chi connectivity index (χ4v) is 4.18. The summed E-state index contributed by atoms with van der Waals surface area (Å²) >= 11 is 3.45. The molecule has 0 unspecified atom stereocenters. The van der Waals surface area contributed by atoms with Crippen molar-refractivity contribution in [3.8, 4) is 11.5 Å². The molecule has 1 heterocycles. The van der Waals surface area contributed by atoms with Gasteiger partial charge < -0.3 is 20.1 Å². The molecule has 39 heavy (non-hydrogen) atoms. The van der Waals surface area contributed by atoms with Gasteiger partial charge in [0.05, 0.1) is 12.0 Å². The third-order valence-corrected chi connectivity index (χ3v) is 6.38. The van der Waals surface area contributed by atoms with Crippen molar-refractivity contribution in [3.05, 3.63) is 97.6 Å². The second-order valence-corrected chi connectivity index (χ2v) is 9.39. The number of carbonyl (C=O) groups excluding carboxylic acids is 3. The lowest BCUT2D eigenvalue weighted by molar-refractivity contribution is -0.384. The topological polar surface area (TPSA) is 140 Å². The van der Waals surface area contributed by atoms with Crippen molar-refractivity contribution in [3.63, 3.8) is 0 Å². The minimum Gasteiger partial charge on any atom is -0.493 e. The minimum atomic E-state index is -0.711. The van der Waals surface area contributed by atoms with E-state index in [-0.39, 0.29) is 18.0 Å². The monoisotopic (exact) mass is 594 g/mol. The summed E-state index contributed by atoms with van der Waals surface area (Å²) in [5.41, 5.74) is 2.73. The molecule has 4 rings (SSSR count). The standard InChI is InChI=1S/C27H23BrN4O7/c1-16-4-3-5-19(10-16)29-25(33)14-31-26(34)22(30-27(31)35)11-18-12-23(38-2)24(13-21(18)28)39-15-17-6-8-20(9-7-17)32(36)37/h3-13H,14-15H2,1-2H3,(H,29,33)(H,30,35)/b22-11+. The molecule has 3 aromatic rings. The van der Waals surface area contributed by atoms with Crippen LogP contribution in [-0.2, 0) is 16.2 Å². The zero-order chi connectivity index (χ0) is 28.1. The van der Waals surface area contributed by atoms with Crippen LogP contribution >= 0.6 is 15.9 Å². The fourth-order valence-electron chi connectivity index (χ4n) is 3.75. The first-order valence-electron chi connectivity index (χ1n) is 11.6. The molecule has 0 spiro atoms. The molecule has 1 saturated heterocycles. The van der Waals surface area contributed by atoms with Crippen LogP contribution in [0.25, 0.3) is 6.08 Å². The number of nitrogens with one attached hydrogen (secondary N) is 2. The summed E-state index contributed by atoms with van der Waals surface area (Å²) in [6.45, 7) is 1.57. The van der Waals surface area contributed by atoms with Crippen LogP contribution in [0.1, 0.15) is 16.7 Å². The molecule has 0 radical (unpaired) electrons. The van der Waals surface area contributed by atoms with Crippen LogP contribution in [0.5, 0.6) is 11.5 Å². The molecule has 0 aliphatic carbocycles. The molecule has 1 aliphatic heterocycles. The van der Waals surface area contributed by atoms with Gasteiger partial charge in [0.2, 0.25) is 5.91 Å². The van der Waals surface area contributed by atoms with Gasteiger partial charge in [0.15, 0.2) is 11.5 Å². The highest BCUT2D eigenvalue weighted by atomic mass is 79.9. The van der Waals surface area contributed by atoms with Crippen molar-refractivity contribution < 1.29 is 28.8 Å². The van der Waals surface area contributed by atoms with Crippen LogP contribution in [0.15, 0.2) is 70.8 Å². The predicted octanol–water partition coefficient (Wildman–Crippen LogP) is 4.78. The minimum absolute atomic E-state index is 0.00865. The maximum Gasteiger partial charge on any atom is 0.329 e. The number of hydrogen-bond acceptors (Lipinski definition) is 7. The predicted molar refractivity (Wildman–Crippen MR) is 146 cm³/mol. The highest BCUT2D eigenvalue weighted by Gasteiger charge is 2.35. The van der Waals surface area contributed by atoms with Crippen LogP contribution in [0.4, 0.5) is 16.2 Å². The smallest absolute Gasteiger partial charge is 0.329 e. The van der Waals surface area contributed by atoms with E-state index in [0.717, 1.165) is 16.0 Å². The second kappa shape index (κ2) is 11.8. The van der Waals surface area contributed by atoms with Crippen molar-refractivity contribution in [2.45, 2.75) is 13.5 Å². The van der Waals surface area contributed by atoms with Crippen molar-refractivity contribution >= 4 is 51.2 Å². The fraction of sp³-hybridized carbons (Fsp3) is 0.148. The van der Waals surface area contributed by atoms with E-state index in [0.29, 0.717) is 27.2 Å². The van der Waals surface area contributed by atoms with Crippen LogP contribution in [0.3, 0.4) is 0 Å². The summed E-state index contributed by atoms with van der Waals surface area (Å²) in [4.78, 5) is 49.0. The Hall–Kier alpha value is -4.71. The summed E-state index contributed by atoms with van der Waals surface area (Å²) in [7, 11) is 1.45. The van der Waals surface area contributed by atoms with E-state index in [2.05, 4.69) is 26.6 Å². The average Bonchev–Trinajstić information content (AvgIpc) is 3.16. The lowest BCUT2D eigenvalue weighted by Gasteiger charge is -2.13. The number of non-ortho nitro benzene ring substituents is 1. The van der Waals surface area contributed by atoms with E-state index < -0.39 is 29.3 Å². The maximum atomic E-state index is 12.9. The highest BCUT2D eigenvalue weighted by Crippen LogP contribution is 2.35. The third-order valence-electron chi connectivity index (χ3n) is 5.69. The van der Waals surface area contributed by atoms with Gasteiger partial charge in [0, 0.05) is 22.3 Å². The van der Waals surface area contributed by atoms with Crippen LogP contribution in [0.2, 0.25) is 0 Å². The summed E-state index contributed by atoms with van der Waals surface area (Å²) < 4.78 is 11.8. The molecular formula is C27H23BrN4O7. The number of benzene rings is 3. The molecule has 1 aliphatic rings. The van der Waals surface area contributed by atoms with E-state index in [1.165, 1.54) is 25.3 Å². The van der Waals surface area contributed by atoms with Gasteiger partial charge in [-0.3, -0.25) is 19.7 Å². The van der Waals surface area contributed by atoms with Gasteiger partial charge in [0.25, 0.3) is 11.6 Å². The lowest BCUT2D eigenvalue weighted by Crippen LogP contribution is -2.38. The maximum absolute atomic E-state index is 12.9. The Morgan fingerprint density at radius 1 is 1.13 bits per heavy atom. The van der Waals surface area contributed by atoms with E-state index in [9.17, 15) is 24.5 Å². The number of nitro benzene ring substituents is 1. The van der Waals surface area contributed by atoms with Gasteiger partial charge in [-0.15, -0.1) is 0 Å². The van der Waals surface area contributed by atoms with Crippen molar-refractivity contribution in [1.82, 2.24) is 10.2 Å². The number of amides is 4. The Bertz CT molecular complexity index is 1490. The van der Waals surface area contributed by atoms with Gasteiger partial charge >= 0.3 is 6.03 Å². The zero-order valence-electron chi connectivity index (χ0n) is 20.9. The normalized spacial score (nSPS) is 13.8. The van der Waals surface area contributed by atoms with Crippen LogP contribution in [0, 0.1) is 17.0 Å². The average molecular weight is 595 g/mol.